The first-order valence-electron chi connectivity index (χ1n) is 9.84. The lowest BCUT2D eigenvalue weighted by Crippen LogP contribution is -2.34. The molecular formula is C22H29N3O2S. The van der Waals surface area contributed by atoms with Crippen molar-refractivity contribution in [2.24, 2.45) is 33.7 Å². The summed E-state index contributed by atoms with van der Waals surface area (Å²) in [6.07, 6.45) is 20.1. The Labute approximate surface area is 168 Å². The van der Waals surface area contributed by atoms with Gasteiger partial charge in [0.25, 0.3) is 10.0 Å². The number of nitrogens with zero attached hydrogens (tertiary/aromatic N) is 2. The monoisotopic (exact) mass is 399 g/mol. The minimum absolute atomic E-state index is 0.111. The van der Waals surface area contributed by atoms with E-state index in [2.05, 4.69) is 52.0 Å². The van der Waals surface area contributed by atoms with E-state index in [1.165, 1.54) is 6.21 Å². The number of sulfonamides is 1. The van der Waals surface area contributed by atoms with Crippen LogP contribution in [0.4, 0.5) is 0 Å². The van der Waals surface area contributed by atoms with Gasteiger partial charge in [-0.15, -0.1) is 0 Å². The molecule has 5 nitrogen and oxygen atoms in total. The summed E-state index contributed by atoms with van der Waals surface area (Å²) in [5.41, 5.74) is 1.91. The van der Waals surface area contributed by atoms with E-state index in [1.54, 1.807) is 20.0 Å². The molecule has 6 heteroatoms. The van der Waals surface area contributed by atoms with E-state index in [4.69, 9.17) is 0 Å². The Kier molecular flexibility index (Phi) is 6.50. The molecule has 0 fully saturated rings. The zero-order chi connectivity index (χ0) is 20.1. The summed E-state index contributed by atoms with van der Waals surface area (Å²) in [6, 6.07) is 0. The van der Waals surface area contributed by atoms with Crippen LogP contribution in [0.2, 0.25) is 0 Å². The number of aliphatic imine (C=N–C) groups is 2. The summed E-state index contributed by atoms with van der Waals surface area (Å²) in [4.78, 5) is 8.71. The topological polar surface area (TPSA) is 70.9 Å². The van der Waals surface area contributed by atoms with Crippen molar-refractivity contribution >= 4 is 21.9 Å². The lowest BCUT2D eigenvalue weighted by molar-refractivity contribution is 0.403. The zero-order valence-corrected chi connectivity index (χ0v) is 17.6. The van der Waals surface area contributed by atoms with Crippen LogP contribution in [-0.2, 0) is 10.0 Å². The highest BCUT2D eigenvalue weighted by Gasteiger charge is 2.31. The van der Waals surface area contributed by atoms with Crippen molar-refractivity contribution in [2.75, 3.05) is 7.05 Å². The van der Waals surface area contributed by atoms with Crippen molar-refractivity contribution in [2.45, 2.75) is 33.1 Å². The van der Waals surface area contributed by atoms with E-state index in [0.29, 0.717) is 11.8 Å². The van der Waals surface area contributed by atoms with Gasteiger partial charge < -0.3 is 0 Å². The second-order valence-corrected chi connectivity index (χ2v) is 9.34. The molecule has 0 saturated carbocycles. The molecule has 3 aliphatic rings. The molecule has 28 heavy (non-hydrogen) atoms. The molecular weight excluding hydrogens is 370 g/mol. The molecule has 150 valence electrons. The van der Waals surface area contributed by atoms with Crippen molar-refractivity contribution in [1.82, 2.24) is 4.72 Å². The van der Waals surface area contributed by atoms with Gasteiger partial charge >= 0.3 is 0 Å². The SMILES string of the molecule is C/C=C(\C=NC)S(=O)(=O)NC1=CCC(C)C[C@@H]1CC1=NC=C[C@H]2C=CC=CC12. The lowest BCUT2D eigenvalue weighted by atomic mass is 9.76. The number of allylic oxidation sites excluding steroid dienone is 9. The van der Waals surface area contributed by atoms with Crippen LogP contribution < -0.4 is 4.72 Å². The second kappa shape index (κ2) is 8.86. The third-order valence-corrected chi connectivity index (χ3v) is 7.00. The molecule has 0 saturated heterocycles. The van der Waals surface area contributed by atoms with E-state index in [1.807, 2.05) is 12.3 Å². The van der Waals surface area contributed by atoms with E-state index in [-0.39, 0.29) is 16.7 Å². The van der Waals surface area contributed by atoms with Gasteiger partial charge in [-0.2, -0.15) is 0 Å². The Morgan fingerprint density at radius 3 is 2.86 bits per heavy atom. The standard InChI is InChI=1S/C22H29N3O2S/c1-4-19(15-23-3)28(26,27)25-21-10-9-16(2)13-18(21)14-22-20-8-6-5-7-17(20)11-12-24-22/h4-8,10-12,15-18,20,25H,9,13-14H2,1-3H3/b19-4+,23-15?/t16?,17-,18-,20?/m1/s1. The highest BCUT2D eigenvalue weighted by molar-refractivity contribution is 7.94. The smallest absolute Gasteiger partial charge is 0.262 e. The Bertz CT molecular complexity index is 904. The van der Waals surface area contributed by atoms with Crippen LogP contribution in [0.15, 0.2) is 69.3 Å². The molecule has 0 spiro atoms. The molecule has 0 amide bonds. The van der Waals surface area contributed by atoms with Gasteiger partial charge in [0.2, 0.25) is 0 Å². The fraction of sp³-hybridized carbons (Fsp3) is 0.455. The minimum Gasteiger partial charge on any atom is -0.295 e. The quantitative estimate of drug-likeness (QED) is 0.681. The number of rotatable bonds is 6. The molecule has 1 N–H and O–H groups in total. The minimum atomic E-state index is -3.63. The van der Waals surface area contributed by atoms with Crippen molar-refractivity contribution in [3.63, 3.8) is 0 Å². The molecule has 4 atom stereocenters. The largest absolute Gasteiger partial charge is 0.295 e. The molecule has 1 aliphatic heterocycles. The van der Waals surface area contributed by atoms with Gasteiger partial charge in [-0.05, 0) is 32.1 Å². The van der Waals surface area contributed by atoms with E-state index >= 15 is 0 Å². The third-order valence-electron chi connectivity index (χ3n) is 5.54. The fourth-order valence-corrected chi connectivity index (χ4v) is 5.30. The molecule has 0 aromatic heterocycles. The van der Waals surface area contributed by atoms with Crippen molar-refractivity contribution in [3.05, 3.63) is 59.3 Å². The van der Waals surface area contributed by atoms with Gasteiger partial charge in [-0.1, -0.05) is 49.5 Å². The summed E-state index contributed by atoms with van der Waals surface area (Å²) < 4.78 is 28.4. The van der Waals surface area contributed by atoms with Crippen LogP contribution in [0, 0.1) is 23.7 Å². The zero-order valence-electron chi connectivity index (χ0n) is 16.7. The molecule has 0 aromatic rings. The van der Waals surface area contributed by atoms with Crippen LogP contribution in [0.1, 0.15) is 33.1 Å². The number of nitrogens with one attached hydrogen (secondary N) is 1. The first-order valence-corrected chi connectivity index (χ1v) is 11.3. The first-order chi connectivity index (χ1) is 13.4. The predicted molar refractivity (Wildman–Crippen MR) is 117 cm³/mol. The maximum atomic E-state index is 12.8. The fourth-order valence-electron chi connectivity index (χ4n) is 4.07. The summed E-state index contributed by atoms with van der Waals surface area (Å²) in [5, 5.41) is 0. The average molecular weight is 400 g/mol. The Balaban J connectivity index is 1.81. The normalized spacial score (nSPS) is 30.2. The molecule has 1 heterocycles. The molecule has 0 radical (unpaired) electrons. The second-order valence-electron chi connectivity index (χ2n) is 7.66. The highest BCUT2D eigenvalue weighted by atomic mass is 32.2. The van der Waals surface area contributed by atoms with Gasteiger partial charge in [0.05, 0.1) is 0 Å². The lowest BCUT2D eigenvalue weighted by Gasteiger charge is -2.32. The molecule has 3 rings (SSSR count). The summed E-state index contributed by atoms with van der Waals surface area (Å²) in [6.45, 7) is 3.92. The Morgan fingerprint density at radius 1 is 1.32 bits per heavy atom. The highest BCUT2D eigenvalue weighted by Crippen LogP contribution is 2.35. The average Bonchev–Trinajstić information content (AvgIpc) is 2.68. The number of hydrogen-bond donors (Lipinski definition) is 1. The van der Waals surface area contributed by atoms with E-state index in [0.717, 1.165) is 30.7 Å². The van der Waals surface area contributed by atoms with Crippen molar-refractivity contribution < 1.29 is 8.42 Å². The van der Waals surface area contributed by atoms with Crippen molar-refractivity contribution in [1.29, 1.82) is 0 Å². The molecule has 0 bridgehead atoms. The molecule has 2 aliphatic carbocycles. The third kappa shape index (κ3) is 4.61. The van der Waals surface area contributed by atoms with Gasteiger partial charge in [0, 0.05) is 48.6 Å². The van der Waals surface area contributed by atoms with Crippen LogP contribution in [-0.4, -0.2) is 27.4 Å². The Hall–Kier alpha value is -2.21. The first kappa shape index (κ1) is 20.5. The van der Waals surface area contributed by atoms with Gasteiger partial charge in [0.1, 0.15) is 4.91 Å². The molecule has 0 aromatic carbocycles. The van der Waals surface area contributed by atoms with Gasteiger partial charge in [-0.25, -0.2) is 8.42 Å². The Morgan fingerprint density at radius 2 is 2.11 bits per heavy atom. The summed E-state index contributed by atoms with van der Waals surface area (Å²) in [7, 11) is -2.06. The van der Waals surface area contributed by atoms with Gasteiger partial charge in [0.15, 0.2) is 0 Å². The maximum Gasteiger partial charge on any atom is 0.262 e. The molecule has 2 unspecified atom stereocenters. The van der Waals surface area contributed by atoms with Crippen molar-refractivity contribution in [3.8, 4) is 0 Å². The number of fused-ring (bicyclic) bond motifs is 1. The summed E-state index contributed by atoms with van der Waals surface area (Å²) >= 11 is 0. The summed E-state index contributed by atoms with van der Waals surface area (Å²) in [5.74, 6) is 1.25. The van der Waals surface area contributed by atoms with Gasteiger partial charge in [-0.3, -0.25) is 14.7 Å². The van der Waals surface area contributed by atoms with E-state index < -0.39 is 10.0 Å². The maximum absolute atomic E-state index is 12.8. The van der Waals surface area contributed by atoms with Crippen LogP contribution in [0.5, 0.6) is 0 Å². The predicted octanol–water partition coefficient (Wildman–Crippen LogP) is 4.16. The van der Waals surface area contributed by atoms with Crippen LogP contribution in [0.25, 0.3) is 0 Å². The van der Waals surface area contributed by atoms with E-state index in [9.17, 15) is 8.42 Å². The van der Waals surface area contributed by atoms with Crippen LogP contribution >= 0.6 is 0 Å². The van der Waals surface area contributed by atoms with Crippen LogP contribution in [0.3, 0.4) is 0 Å². The number of hydrogen-bond acceptors (Lipinski definition) is 4.